The Kier molecular flexibility index (Phi) is 4.73. The molecule has 1 saturated heterocycles. The van der Waals surface area contributed by atoms with Gasteiger partial charge in [-0.1, -0.05) is 0 Å². The van der Waals surface area contributed by atoms with Crippen molar-refractivity contribution < 1.29 is 17.9 Å². The van der Waals surface area contributed by atoms with E-state index < -0.39 is 5.51 Å². The first-order valence-electron chi connectivity index (χ1n) is 4.95. The molecule has 1 unspecified atom stereocenters. The summed E-state index contributed by atoms with van der Waals surface area (Å²) >= 11 is 0.0175. The number of alkyl halides is 3. The molecule has 1 atom stereocenters. The highest BCUT2D eigenvalue weighted by Crippen LogP contribution is 2.29. The maximum atomic E-state index is 11.8. The van der Waals surface area contributed by atoms with E-state index in [1.54, 1.807) is 0 Å². The summed E-state index contributed by atoms with van der Waals surface area (Å²) in [7, 11) is 0. The van der Waals surface area contributed by atoms with Crippen LogP contribution in [0.3, 0.4) is 0 Å². The lowest BCUT2D eigenvalue weighted by Gasteiger charge is -2.34. The van der Waals surface area contributed by atoms with Gasteiger partial charge in [-0.05, 0) is 31.5 Å². The van der Waals surface area contributed by atoms with E-state index in [2.05, 4.69) is 5.32 Å². The van der Waals surface area contributed by atoms with Gasteiger partial charge < -0.3 is 10.1 Å². The van der Waals surface area contributed by atoms with Gasteiger partial charge >= 0.3 is 5.51 Å². The number of nitrogens with one attached hydrogen (secondary N) is 1. The van der Waals surface area contributed by atoms with E-state index in [1.807, 2.05) is 6.92 Å². The maximum absolute atomic E-state index is 11.8. The van der Waals surface area contributed by atoms with Gasteiger partial charge in [-0.2, -0.15) is 13.2 Å². The highest BCUT2D eigenvalue weighted by atomic mass is 32.2. The molecule has 0 aliphatic carbocycles. The van der Waals surface area contributed by atoms with Crippen molar-refractivity contribution in [3.8, 4) is 0 Å². The first kappa shape index (κ1) is 13.1. The molecule has 0 aromatic carbocycles. The third kappa shape index (κ3) is 5.63. The van der Waals surface area contributed by atoms with Crippen molar-refractivity contribution in [3.63, 3.8) is 0 Å². The number of ether oxygens (including phenoxy) is 1. The molecule has 0 spiro atoms. The van der Waals surface area contributed by atoms with Gasteiger partial charge in [0.2, 0.25) is 0 Å². The fourth-order valence-corrected chi connectivity index (χ4v) is 2.03. The summed E-state index contributed by atoms with van der Waals surface area (Å²) in [6, 6.07) is 0. The first-order chi connectivity index (χ1) is 6.91. The normalized spacial score (nSPS) is 28.0. The molecule has 1 aliphatic rings. The molecular weight excluding hydrogens is 227 g/mol. The monoisotopic (exact) mass is 243 g/mol. The van der Waals surface area contributed by atoms with Gasteiger partial charge in [0.1, 0.15) is 0 Å². The Morgan fingerprint density at radius 2 is 2.20 bits per heavy atom. The molecule has 1 N–H and O–H groups in total. The van der Waals surface area contributed by atoms with Gasteiger partial charge in [-0.25, -0.2) is 0 Å². The molecule has 1 aliphatic heterocycles. The minimum Gasteiger partial charge on any atom is -0.380 e. The van der Waals surface area contributed by atoms with Gasteiger partial charge in [-0.15, -0.1) is 0 Å². The molecule has 6 heteroatoms. The molecule has 0 bridgehead atoms. The maximum Gasteiger partial charge on any atom is 0.441 e. The summed E-state index contributed by atoms with van der Waals surface area (Å²) in [6.45, 7) is 3.70. The summed E-state index contributed by atoms with van der Waals surface area (Å²) < 4.78 is 40.8. The van der Waals surface area contributed by atoms with Crippen LogP contribution in [0, 0.1) is 0 Å². The Morgan fingerprint density at radius 1 is 1.47 bits per heavy atom. The minimum atomic E-state index is -4.12. The Morgan fingerprint density at radius 3 is 2.73 bits per heavy atom. The van der Waals surface area contributed by atoms with Crippen LogP contribution in [0.1, 0.15) is 19.8 Å². The molecule has 2 nitrogen and oxygen atoms in total. The summed E-state index contributed by atoms with van der Waals surface area (Å²) in [5, 5.41) is 3.12. The second-order valence-corrected chi connectivity index (χ2v) is 5.10. The van der Waals surface area contributed by atoms with Crippen LogP contribution in [0.2, 0.25) is 0 Å². The van der Waals surface area contributed by atoms with Crippen molar-refractivity contribution in [1.82, 2.24) is 5.32 Å². The molecule has 0 saturated carbocycles. The van der Waals surface area contributed by atoms with Crippen LogP contribution in [0.5, 0.6) is 0 Å². The fourth-order valence-electron chi connectivity index (χ4n) is 1.59. The number of rotatable bonds is 4. The summed E-state index contributed by atoms with van der Waals surface area (Å²) in [5.41, 5.74) is -4.27. The van der Waals surface area contributed by atoms with E-state index >= 15 is 0 Å². The lowest BCUT2D eigenvalue weighted by atomic mass is 9.95. The van der Waals surface area contributed by atoms with Crippen molar-refractivity contribution >= 4 is 11.8 Å². The molecule has 0 radical (unpaired) electrons. The molecule has 1 heterocycles. The Bertz CT molecular complexity index is 192. The zero-order valence-corrected chi connectivity index (χ0v) is 9.51. The molecular formula is C9H16F3NOS. The first-order valence-corrected chi connectivity index (χ1v) is 5.93. The zero-order valence-electron chi connectivity index (χ0n) is 8.69. The molecule has 0 amide bonds. The lowest BCUT2D eigenvalue weighted by Crippen LogP contribution is -2.49. The van der Waals surface area contributed by atoms with E-state index in [0.29, 0.717) is 13.2 Å². The predicted molar refractivity (Wildman–Crippen MR) is 55.0 cm³/mol. The van der Waals surface area contributed by atoms with Gasteiger partial charge in [0.15, 0.2) is 0 Å². The number of hydrogen-bond acceptors (Lipinski definition) is 3. The third-order valence-corrected chi connectivity index (χ3v) is 3.09. The predicted octanol–water partition coefficient (Wildman–Crippen LogP) is 2.40. The topological polar surface area (TPSA) is 21.3 Å². The fraction of sp³-hybridized carbons (Fsp3) is 1.00. The van der Waals surface area contributed by atoms with Crippen LogP contribution in [-0.2, 0) is 4.74 Å². The van der Waals surface area contributed by atoms with Gasteiger partial charge in [0.25, 0.3) is 0 Å². The van der Waals surface area contributed by atoms with Crippen LogP contribution in [-0.4, -0.2) is 36.6 Å². The molecule has 90 valence electrons. The smallest absolute Gasteiger partial charge is 0.380 e. The van der Waals surface area contributed by atoms with Crippen LogP contribution < -0.4 is 5.32 Å². The number of hydrogen-bond donors (Lipinski definition) is 1. The highest BCUT2D eigenvalue weighted by molar-refractivity contribution is 8.00. The second kappa shape index (κ2) is 5.41. The second-order valence-electron chi connectivity index (χ2n) is 3.94. The highest BCUT2D eigenvalue weighted by Gasteiger charge is 2.29. The molecule has 1 rings (SSSR count). The van der Waals surface area contributed by atoms with Crippen molar-refractivity contribution in [2.24, 2.45) is 0 Å². The third-order valence-electron chi connectivity index (χ3n) is 2.36. The Hall–Kier alpha value is 0.0600. The Labute approximate surface area is 91.9 Å². The van der Waals surface area contributed by atoms with Crippen molar-refractivity contribution in [3.05, 3.63) is 0 Å². The molecule has 15 heavy (non-hydrogen) atoms. The minimum absolute atomic E-state index is 0.0175. The van der Waals surface area contributed by atoms with Gasteiger partial charge in [-0.3, -0.25) is 0 Å². The van der Waals surface area contributed by atoms with E-state index in [-0.39, 0.29) is 23.1 Å². The zero-order chi connectivity index (χ0) is 11.4. The van der Waals surface area contributed by atoms with Crippen LogP contribution >= 0.6 is 11.8 Å². The standard InChI is InChI=1S/C9H16F3NOS/c1-8(3-2-5-14-7-8)13-4-6-15-9(10,11)12/h13H,2-7H2,1H3. The van der Waals surface area contributed by atoms with Crippen molar-refractivity contribution in [2.75, 3.05) is 25.5 Å². The summed E-state index contributed by atoms with van der Waals surface area (Å²) in [6.07, 6.45) is 1.93. The molecule has 1 fully saturated rings. The van der Waals surface area contributed by atoms with Crippen LogP contribution in [0.15, 0.2) is 0 Å². The van der Waals surface area contributed by atoms with E-state index in [4.69, 9.17) is 4.74 Å². The van der Waals surface area contributed by atoms with Crippen molar-refractivity contribution in [2.45, 2.75) is 30.8 Å². The van der Waals surface area contributed by atoms with E-state index in [0.717, 1.165) is 19.4 Å². The summed E-state index contributed by atoms with van der Waals surface area (Å²) in [5.74, 6) is 0.0547. The molecule has 0 aromatic heterocycles. The SMILES string of the molecule is CC1(NCCSC(F)(F)F)CCCOC1. The average molecular weight is 243 g/mol. The van der Waals surface area contributed by atoms with Gasteiger partial charge in [0, 0.05) is 24.4 Å². The Balaban J connectivity index is 2.13. The summed E-state index contributed by atoms with van der Waals surface area (Å²) in [4.78, 5) is 0. The average Bonchev–Trinajstić information content (AvgIpc) is 2.12. The lowest BCUT2D eigenvalue weighted by molar-refractivity contribution is -0.0328. The quantitative estimate of drug-likeness (QED) is 0.766. The van der Waals surface area contributed by atoms with Crippen LogP contribution in [0.4, 0.5) is 13.2 Å². The largest absolute Gasteiger partial charge is 0.441 e. The van der Waals surface area contributed by atoms with Crippen LogP contribution in [0.25, 0.3) is 0 Å². The number of thioether (sulfide) groups is 1. The number of halogens is 3. The van der Waals surface area contributed by atoms with E-state index in [1.165, 1.54) is 0 Å². The van der Waals surface area contributed by atoms with E-state index in [9.17, 15) is 13.2 Å². The van der Waals surface area contributed by atoms with Crippen molar-refractivity contribution in [1.29, 1.82) is 0 Å². The molecule has 0 aromatic rings. The van der Waals surface area contributed by atoms with Gasteiger partial charge in [0.05, 0.1) is 6.61 Å².